The highest BCUT2D eigenvalue weighted by molar-refractivity contribution is 7.89. The molecule has 1 unspecified atom stereocenters. The Morgan fingerprint density at radius 2 is 2.04 bits per heavy atom. The van der Waals surface area contributed by atoms with Gasteiger partial charge in [0.2, 0.25) is 15.9 Å². The normalized spacial score (nSPS) is 15.3. The van der Waals surface area contributed by atoms with Gasteiger partial charge in [0, 0.05) is 24.2 Å². The van der Waals surface area contributed by atoms with Crippen LogP contribution in [0.4, 0.5) is 5.69 Å². The van der Waals surface area contributed by atoms with Crippen LogP contribution < -0.4 is 20.1 Å². The van der Waals surface area contributed by atoms with Crippen molar-refractivity contribution in [3.05, 3.63) is 18.2 Å². The first-order chi connectivity index (χ1) is 10.9. The molecule has 3 N–H and O–H groups in total. The fourth-order valence-corrected chi connectivity index (χ4v) is 3.61. The number of rotatable bonds is 8. The number of anilines is 1. The molecule has 1 fully saturated rings. The standard InChI is InChI=1S/C15H23N3O4S.ClH/c1-10(9-16-2)15(19)17-12-6-7-13(22-3)14(8-12)23(20,21)18-11-4-5-11;/h6-8,10-11,16,18H,4-5,9H2,1-3H3,(H,17,19);1H. The number of hydrogen-bond donors (Lipinski definition) is 3. The van der Waals surface area contributed by atoms with E-state index >= 15 is 0 Å². The largest absolute Gasteiger partial charge is 0.495 e. The fourth-order valence-electron chi connectivity index (χ4n) is 2.11. The summed E-state index contributed by atoms with van der Waals surface area (Å²) in [5, 5.41) is 5.66. The molecule has 0 aromatic heterocycles. The lowest BCUT2D eigenvalue weighted by Gasteiger charge is -2.15. The molecule has 1 atom stereocenters. The van der Waals surface area contributed by atoms with E-state index in [0.29, 0.717) is 12.2 Å². The highest BCUT2D eigenvalue weighted by Crippen LogP contribution is 2.29. The zero-order valence-electron chi connectivity index (χ0n) is 14.0. The maximum absolute atomic E-state index is 12.4. The summed E-state index contributed by atoms with van der Waals surface area (Å²) in [6.07, 6.45) is 1.69. The maximum Gasteiger partial charge on any atom is 0.244 e. The quantitative estimate of drug-likeness (QED) is 0.635. The van der Waals surface area contributed by atoms with Crippen LogP contribution in [0.5, 0.6) is 5.75 Å². The molecule has 0 bridgehead atoms. The number of carbonyl (C=O) groups is 1. The van der Waals surface area contributed by atoms with Crippen LogP contribution in [0.25, 0.3) is 0 Å². The molecule has 136 valence electrons. The van der Waals surface area contributed by atoms with Crippen molar-refractivity contribution < 1.29 is 17.9 Å². The molecule has 0 saturated heterocycles. The molecular formula is C15H24ClN3O4S. The number of ether oxygens (including phenoxy) is 1. The Morgan fingerprint density at radius 3 is 2.58 bits per heavy atom. The van der Waals surface area contributed by atoms with Gasteiger partial charge in [-0.25, -0.2) is 13.1 Å². The molecule has 0 heterocycles. The molecule has 1 aromatic carbocycles. The van der Waals surface area contributed by atoms with Crippen molar-refractivity contribution in [3.8, 4) is 5.75 Å². The summed E-state index contributed by atoms with van der Waals surface area (Å²) < 4.78 is 32.6. The van der Waals surface area contributed by atoms with Crippen molar-refractivity contribution in [2.45, 2.75) is 30.7 Å². The van der Waals surface area contributed by atoms with E-state index < -0.39 is 10.0 Å². The lowest BCUT2D eigenvalue weighted by molar-refractivity contribution is -0.119. The third-order valence-corrected chi connectivity index (χ3v) is 5.12. The van der Waals surface area contributed by atoms with Gasteiger partial charge in [-0.3, -0.25) is 4.79 Å². The van der Waals surface area contributed by atoms with Gasteiger partial charge in [-0.05, 0) is 38.1 Å². The van der Waals surface area contributed by atoms with Crippen LogP contribution in [-0.4, -0.2) is 41.1 Å². The van der Waals surface area contributed by atoms with Gasteiger partial charge in [0.25, 0.3) is 0 Å². The van der Waals surface area contributed by atoms with Crippen molar-refractivity contribution in [1.82, 2.24) is 10.0 Å². The van der Waals surface area contributed by atoms with E-state index in [1.165, 1.54) is 13.2 Å². The van der Waals surface area contributed by atoms with Gasteiger partial charge < -0.3 is 15.4 Å². The van der Waals surface area contributed by atoms with E-state index in [9.17, 15) is 13.2 Å². The van der Waals surface area contributed by atoms with E-state index in [4.69, 9.17) is 4.74 Å². The van der Waals surface area contributed by atoms with Gasteiger partial charge in [-0.2, -0.15) is 0 Å². The number of carbonyl (C=O) groups excluding carboxylic acids is 1. The SMILES string of the molecule is CNCC(C)C(=O)Nc1ccc(OC)c(S(=O)(=O)NC2CC2)c1.Cl. The average molecular weight is 378 g/mol. The monoisotopic (exact) mass is 377 g/mol. The number of hydrogen-bond acceptors (Lipinski definition) is 5. The molecule has 7 nitrogen and oxygen atoms in total. The predicted octanol–water partition coefficient (Wildman–Crippen LogP) is 1.35. The van der Waals surface area contributed by atoms with Crippen LogP contribution in [0.2, 0.25) is 0 Å². The van der Waals surface area contributed by atoms with E-state index in [1.54, 1.807) is 26.1 Å². The number of amides is 1. The molecule has 2 rings (SSSR count). The fraction of sp³-hybridized carbons (Fsp3) is 0.533. The van der Waals surface area contributed by atoms with Gasteiger partial charge in [-0.15, -0.1) is 12.4 Å². The topological polar surface area (TPSA) is 96.5 Å². The highest BCUT2D eigenvalue weighted by atomic mass is 35.5. The van der Waals surface area contributed by atoms with Crippen LogP contribution in [0.1, 0.15) is 19.8 Å². The Balaban J connectivity index is 0.00000288. The Hall–Kier alpha value is -1.35. The Morgan fingerprint density at radius 1 is 1.38 bits per heavy atom. The summed E-state index contributed by atoms with van der Waals surface area (Å²) in [5.41, 5.74) is 0.426. The summed E-state index contributed by atoms with van der Waals surface area (Å²) >= 11 is 0. The maximum atomic E-state index is 12.4. The predicted molar refractivity (Wildman–Crippen MR) is 95.3 cm³/mol. The zero-order chi connectivity index (χ0) is 17.0. The molecule has 0 aliphatic heterocycles. The van der Waals surface area contributed by atoms with Gasteiger partial charge in [0.15, 0.2) is 0 Å². The first kappa shape index (κ1) is 20.7. The summed E-state index contributed by atoms with van der Waals surface area (Å²) in [4.78, 5) is 12.1. The molecule has 1 aromatic rings. The van der Waals surface area contributed by atoms with E-state index in [2.05, 4.69) is 15.4 Å². The molecule has 9 heteroatoms. The van der Waals surface area contributed by atoms with Crippen LogP contribution in [0.15, 0.2) is 23.1 Å². The molecule has 24 heavy (non-hydrogen) atoms. The first-order valence-corrected chi connectivity index (χ1v) is 9.01. The third kappa shape index (κ3) is 5.34. The number of sulfonamides is 1. The molecular weight excluding hydrogens is 354 g/mol. The minimum atomic E-state index is -3.67. The Labute approximate surface area is 149 Å². The van der Waals surface area contributed by atoms with Crippen LogP contribution in [0, 0.1) is 5.92 Å². The number of halogens is 1. The summed E-state index contributed by atoms with van der Waals surface area (Å²) in [6, 6.07) is 4.59. The van der Waals surface area contributed by atoms with Crippen LogP contribution >= 0.6 is 12.4 Å². The Kier molecular flexibility index (Phi) is 7.47. The van der Waals surface area contributed by atoms with Crippen molar-refractivity contribution in [3.63, 3.8) is 0 Å². The first-order valence-electron chi connectivity index (χ1n) is 7.53. The minimum Gasteiger partial charge on any atom is -0.495 e. The zero-order valence-corrected chi connectivity index (χ0v) is 15.6. The van der Waals surface area contributed by atoms with Crippen molar-refractivity contribution in [2.24, 2.45) is 5.92 Å². The van der Waals surface area contributed by atoms with Crippen molar-refractivity contribution >= 4 is 34.0 Å². The van der Waals surface area contributed by atoms with E-state index in [1.807, 2.05) is 0 Å². The summed E-state index contributed by atoms with van der Waals surface area (Å²) in [7, 11) is -0.483. The van der Waals surface area contributed by atoms with Gasteiger partial charge in [0.05, 0.1) is 7.11 Å². The second-order valence-corrected chi connectivity index (χ2v) is 7.39. The third-order valence-electron chi connectivity index (χ3n) is 3.58. The van der Waals surface area contributed by atoms with Gasteiger partial charge in [0.1, 0.15) is 10.6 Å². The number of nitrogens with one attached hydrogen (secondary N) is 3. The van der Waals surface area contributed by atoms with Gasteiger partial charge in [-0.1, -0.05) is 6.92 Å². The second-order valence-electron chi connectivity index (χ2n) is 5.71. The molecule has 0 spiro atoms. The average Bonchev–Trinajstić information content (AvgIpc) is 3.30. The van der Waals surface area contributed by atoms with Crippen molar-refractivity contribution in [2.75, 3.05) is 26.0 Å². The van der Waals surface area contributed by atoms with E-state index in [-0.39, 0.29) is 40.9 Å². The minimum absolute atomic E-state index is 0. The van der Waals surface area contributed by atoms with Crippen LogP contribution in [0.3, 0.4) is 0 Å². The molecule has 1 amide bonds. The molecule has 0 radical (unpaired) electrons. The number of benzene rings is 1. The lowest BCUT2D eigenvalue weighted by atomic mass is 10.1. The van der Waals surface area contributed by atoms with Gasteiger partial charge >= 0.3 is 0 Å². The summed E-state index contributed by atoms with van der Waals surface area (Å²) in [5.74, 6) is -0.158. The second kappa shape index (κ2) is 8.66. The van der Waals surface area contributed by atoms with Crippen LogP contribution in [-0.2, 0) is 14.8 Å². The summed E-state index contributed by atoms with van der Waals surface area (Å²) in [6.45, 7) is 2.33. The number of methoxy groups -OCH3 is 1. The Bertz CT molecular complexity index is 677. The van der Waals surface area contributed by atoms with Crippen molar-refractivity contribution in [1.29, 1.82) is 0 Å². The molecule has 1 aliphatic rings. The molecule has 1 aliphatic carbocycles. The smallest absolute Gasteiger partial charge is 0.244 e. The lowest BCUT2D eigenvalue weighted by Crippen LogP contribution is -2.29. The highest BCUT2D eigenvalue weighted by Gasteiger charge is 2.30. The molecule has 1 saturated carbocycles. The van der Waals surface area contributed by atoms with E-state index in [0.717, 1.165) is 12.8 Å².